The van der Waals surface area contributed by atoms with E-state index in [-0.39, 0.29) is 0 Å². The fourth-order valence-corrected chi connectivity index (χ4v) is 3.96. The SMILES string of the molecule is BrC(Cc1cccs1)C1CCCC1. The average Bonchev–Trinajstić information content (AvgIpc) is 2.74. The Balaban J connectivity index is 1.87. The number of thiophene rings is 1. The van der Waals surface area contributed by atoms with E-state index in [1.165, 1.54) is 37.0 Å². The molecule has 0 aliphatic heterocycles. The van der Waals surface area contributed by atoms with E-state index in [9.17, 15) is 0 Å². The molecule has 1 atom stereocenters. The highest BCUT2D eigenvalue weighted by molar-refractivity contribution is 9.09. The standard InChI is InChI=1S/C11H15BrS/c12-11(9-4-1-2-5-9)8-10-6-3-7-13-10/h3,6-7,9,11H,1-2,4-5,8H2. The Morgan fingerprint density at radius 3 is 2.85 bits per heavy atom. The van der Waals surface area contributed by atoms with Gasteiger partial charge in [0.1, 0.15) is 0 Å². The van der Waals surface area contributed by atoms with Crippen molar-refractivity contribution in [1.82, 2.24) is 0 Å². The maximum atomic E-state index is 3.83. The Morgan fingerprint density at radius 1 is 1.46 bits per heavy atom. The molecular formula is C11H15BrS. The Bertz CT molecular complexity index is 237. The summed E-state index contributed by atoms with van der Waals surface area (Å²) in [4.78, 5) is 2.24. The highest BCUT2D eigenvalue weighted by atomic mass is 79.9. The zero-order chi connectivity index (χ0) is 9.10. The number of rotatable bonds is 3. The highest BCUT2D eigenvalue weighted by Gasteiger charge is 2.22. The second-order valence-corrected chi connectivity index (χ2v) is 6.05. The van der Waals surface area contributed by atoms with E-state index < -0.39 is 0 Å². The Hall–Kier alpha value is 0.180. The van der Waals surface area contributed by atoms with Crippen molar-refractivity contribution in [3.05, 3.63) is 22.4 Å². The molecule has 1 fully saturated rings. The van der Waals surface area contributed by atoms with Crippen molar-refractivity contribution in [1.29, 1.82) is 0 Å². The van der Waals surface area contributed by atoms with Gasteiger partial charge >= 0.3 is 0 Å². The van der Waals surface area contributed by atoms with E-state index in [2.05, 4.69) is 33.4 Å². The molecular weight excluding hydrogens is 244 g/mol. The van der Waals surface area contributed by atoms with Gasteiger partial charge < -0.3 is 0 Å². The van der Waals surface area contributed by atoms with Crippen molar-refractivity contribution in [2.75, 3.05) is 0 Å². The summed E-state index contributed by atoms with van der Waals surface area (Å²) in [7, 11) is 0. The minimum Gasteiger partial charge on any atom is -0.149 e. The van der Waals surface area contributed by atoms with Gasteiger partial charge in [0, 0.05) is 9.70 Å². The van der Waals surface area contributed by atoms with Crippen LogP contribution in [0.2, 0.25) is 0 Å². The summed E-state index contributed by atoms with van der Waals surface area (Å²) in [6, 6.07) is 4.39. The Kier molecular flexibility index (Phi) is 3.45. The van der Waals surface area contributed by atoms with Crippen LogP contribution in [0.5, 0.6) is 0 Å². The van der Waals surface area contributed by atoms with Gasteiger partial charge in [0.05, 0.1) is 0 Å². The summed E-state index contributed by atoms with van der Waals surface area (Å²) in [5, 5.41) is 2.17. The number of alkyl halides is 1. The first kappa shape index (κ1) is 9.72. The first-order valence-corrected chi connectivity index (χ1v) is 6.82. The molecule has 0 radical (unpaired) electrons. The summed E-state index contributed by atoms with van der Waals surface area (Å²) >= 11 is 5.71. The Morgan fingerprint density at radius 2 is 2.23 bits per heavy atom. The lowest BCUT2D eigenvalue weighted by molar-refractivity contribution is 0.527. The second-order valence-electron chi connectivity index (χ2n) is 3.84. The van der Waals surface area contributed by atoms with Gasteiger partial charge in [-0.2, -0.15) is 0 Å². The molecule has 1 unspecified atom stereocenters. The molecule has 1 saturated carbocycles. The first-order chi connectivity index (χ1) is 6.36. The lowest BCUT2D eigenvalue weighted by atomic mass is 10.0. The van der Waals surface area contributed by atoms with Crippen LogP contribution in [-0.2, 0) is 6.42 Å². The third kappa shape index (κ3) is 2.57. The lowest BCUT2D eigenvalue weighted by Crippen LogP contribution is -2.12. The van der Waals surface area contributed by atoms with Crippen LogP contribution in [0.1, 0.15) is 30.6 Å². The second kappa shape index (κ2) is 4.61. The van der Waals surface area contributed by atoms with Gasteiger partial charge in [-0.1, -0.05) is 34.8 Å². The molecule has 1 heterocycles. The highest BCUT2D eigenvalue weighted by Crippen LogP contribution is 2.33. The molecule has 13 heavy (non-hydrogen) atoms. The van der Waals surface area contributed by atoms with Crippen LogP contribution in [-0.4, -0.2) is 4.83 Å². The fourth-order valence-electron chi connectivity index (χ4n) is 2.11. The molecule has 0 saturated heterocycles. The van der Waals surface area contributed by atoms with E-state index in [0.717, 1.165) is 5.92 Å². The summed E-state index contributed by atoms with van der Waals surface area (Å²) in [5.74, 6) is 0.932. The summed E-state index contributed by atoms with van der Waals surface area (Å²) in [5.41, 5.74) is 0. The number of hydrogen-bond acceptors (Lipinski definition) is 1. The molecule has 1 aliphatic carbocycles. The normalized spacial score (nSPS) is 20.7. The molecule has 1 aromatic heterocycles. The van der Waals surface area contributed by atoms with Gasteiger partial charge in [-0.05, 0) is 36.6 Å². The van der Waals surface area contributed by atoms with E-state index >= 15 is 0 Å². The predicted octanol–water partition coefficient (Wildman–Crippen LogP) is 4.24. The maximum Gasteiger partial charge on any atom is 0.0222 e. The monoisotopic (exact) mass is 258 g/mol. The van der Waals surface area contributed by atoms with Crippen LogP contribution >= 0.6 is 27.3 Å². The molecule has 0 amide bonds. The van der Waals surface area contributed by atoms with Crippen molar-refractivity contribution in [2.45, 2.75) is 36.9 Å². The third-order valence-corrected chi connectivity index (χ3v) is 4.86. The fraction of sp³-hybridized carbons (Fsp3) is 0.636. The van der Waals surface area contributed by atoms with Crippen molar-refractivity contribution < 1.29 is 0 Å². The van der Waals surface area contributed by atoms with E-state index in [0.29, 0.717) is 4.83 Å². The lowest BCUT2D eigenvalue weighted by Gasteiger charge is -2.15. The molecule has 0 N–H and O–H groups in total. The molecule has 0 aromatic carbocycles. The number of halogens is 1. The van der Waals surface area contributed by atoms with E-state index in [4.69, 9.17) is 0 Å². The zero-order valence-corrected chi connectivity index (χ0v) is 10.1. The van der Waals surface area contributed by atoms with Crippen LogP contribution in [0.15, 0.2) is 17.5 Å². The summed E-state index contributed by atoms with van der Waals surface area (Å²) in [6.07, 6.45) is 6.97. The van der Waals surface area contributed by atoms with Gasteiger partial charge in [-0.15, -0.1) is 11.3 Å². The largest absolute Gasteiger partial charge is 0.149 e. The van der Waals surface area contributed by atoms with Crippen molar-refractivity contribution in [3.8, 4) is 0 Å². The van der Waals surface area contributed by atoms with Gasteiger partial charge in [-0.25, -0.2) is 0 Å². The van der Waals surface area contributed by atoms with Crippen molar-refractivity contribution in [3.63, 3.8) is 0 Å². The minimum atomic E-state index is 0.716. The maximum absolute atomic E-state index is 3.83. The molecule has 1 aliphatic rings. The summed E-state index contributed by atoms with van der Waals surface area (Å²) < 4.78 is 0. The van der Waals surface area contributed by atoms with Crippen LogP contribution in [0.25, 0.3) is 0 Å². The topological polar surface area (TPSA) is 0 Å². The smallest absolute Gasteiger partial charge is 0.0222 e. The van der Waals surface area contributed by atoms with Gasteiger partial charge in [0.2, 0.25) is 0 Å². The average molecular weight is 259 g/mol. The van der Waals surface area contributed by atoms with Crippen LogP contribution in [0, 0.1) is 5.92 Å². The van der Waals surface area contributed by atoms with Gasteiger partial charge in [-0.3, -0.25) is 0 Å². The quantitative estimate of drug-likeness (QED) is 0.712. The third-order valence-electron chi connectivity index (χ3n) is 2.89. The van der Waals surface area contributed by atoms with E-state index in [1.807, 2.05) is 11.3 Å². The molecule has 0 spiro atoms. The molecule has 0 bridgehead atoms. The van der Waals surface area contributed by atoms with E-state index in [1.54, 1.807) is 0 Å². The van der Waals surface area contributed by atoms with Gasteiger partial charge in [0.25, 0.3) is 0 Å². The zero-order valence-electron chi connectivity index (χ0n) is 7.71. The molecule has 0 nitrogen and oxygen atoms in total. The van der Waals surface area contributed by atoms with Crippen molar-refractivity contribution >= 4 is 27.3 Å². The first-order valence-electron chi connectivity index (χ1n) is 5.03. The molecule has 2 heteroatoms. The summed E-state index contributed by atoms with van der Waals surface area (Å²) in [6.45, 7) is 0. The minimum absolute atomic E-state index is 0.716. The van der Waals surface area contributed by atoms with Crippen LogP contribution < -0.4 is 0 Å². The number of hydrogen-bond donors (Lipinski definition) is 0. The van der Waals surface area contributed by atoms with Crippen LogP contribution in [0.4, 0.5) is 0 Å². The van der Waals surface area contributed by atoms with Gasteiger partial charge in [0.15, 0.2) is 0 Å². The molecule has 72 valence electrons. The Labute approximate surface area is 92.5 Å². The molecule has 1 aromatic rings. The molecule has 2 rings (SSSR count). The van der Waals surface area contributed by atoms with Crippen molar-refractivity contribution in [2.24, 2.45) is 5.92 Å². The predicted molar refractivity (Wildman–Crippen MR) is 62.7 cm³/mol. The van der Waals surface area contributed by atoms with Crippen LogP contribution in [0.3, 0.4) is 0 Å².